The van der Waals surface area contributed by atoms with Gasteiger partial charge in [0, 0.05) is 38.8 Å². The average molecular weight is 488 g/mol. The van der Waals surface area contributed by atoms with Gasteiger partial charge in [-0.15, -0.1) is 24.0 Å². The molecule has 1 unspecified atom stereocenters. The van der Waals surface area contributed by atoms with Crippen LogP contribution in [0.2, 0.25) is 0 Å². The Balaban J connectivity index is 0.00000261. The summed E-state index contributed by atoms with van der Waals surface area (Å²) in [6.07, 6.45) is 3.65. The fourth-order valence-electron chi connectivity index (χ4n) is 3.62. The molecule has 0 radical (unpaired) electrons. The number of fused-ring (bicyclic) bond motifs is 1. The van der Waals surface area contributed by atoms with Gasteiger partial charge >= 0.3 is 0 Å². The predicted octanol–water partition coefficient (Wildman–Crippen LogP) is 2.74. The van der Waals surface area contributed by atoms with Gasteiger partial charge in [0.2, 0.25) is 0 Å². The Labute approximate surface area is 180 Å². The molecule has 1 heterocycles. The van der Waals surface area contributed by atoms with Crippen molar-refractivity contribution in [2.75, 3.05) is 41.4 Å². The van der Waals surface area contributed by atoms with Crippen LogP contribution in [-0.4, -0.2) is 69.2 Å². The number of aliphatic imine (C=N–C) groups is 1. The Morgan fingerprint density at radius 1 is 1.26 bits per heavy atom. The minimum absolute atomic E-state index is 0. The molecule has 152 valence electrons. The van der Waals surface area contributed by atoms with Crippen LogP contribution in [0.15, 0.2) is 17.1 Å². The van der Waals surface area contributed by atoms with Crippen LogP contribution in [0.25, 0.3) is 0 Å². The second-order valence-corrected chi connectivity index (χ2v) is 7.32. The number of likely N-dealkylation sites (N-methyl/N-ethyl adjacent to an activating group) is 1. The van der Waals surface area contributed by atoms with Crippen molar-refractivity contribution < 1.29 is 9.47 Å². The minimum atomic E-state index is 0. The SMILES string of the molecule is CN=C(NCC(C)N(C)C1CC1)N1CCc2cc(OC)c(OC)cc2C1.I. The third kappa shape index (κ3) is 5.19. The van der Waals surface area contributed by atoms with Gasteiger partial charge in [-0.3, -0.25) is 9.89 Å². The quantitative estimate of drug-likeness (QED) is 0.379. The Hall–Kier alpha value is -1.22. The first-order valence-corrected chi connectivity index (χ1v) is 9.48. The molecule has 27 heavy (non-hydrogen) atoms. The molecule has 1 aliphatic heterocycles. The lowest BCUT2D eigenvalue weighted by Gasteiger charge is -2.33. The molecule has 7 heteroatoms. The molecular weight excluding hydrogens is 455 g/mol. The summed E-state index contributed by atoms with van der Waals surface area (Å²) in [4.78, 5) is 9.30. The maximum absolute atomic E-state index is 5.46. The zero-order chi connectivity index (χ0) is 18.7. The molecule has 1 atom stereocenters. The van der Waals surface area contributed by atoms with Gasteiger partial charge in [0.05, 0.1) is 14.2 Å². The molecule has 0 bridgehead atoms. The van der Waals surface area contributed by atoms with E-state index in [-0.39, 0.29) is 24.0 Å². The van der Waals surface area contributed by atoms with Crippen molar-refractivity contribution >= 4 is 29.9 Å². The number of guanidine groups is 1. The summed E-state index contributed by atoms with van der Waals surface area (Å²) >= 11 is 0. The second kappa shape index (κ2) is 9.82. The first-order chi connectivity index (χ1) is 12.6. The van der Waals surface area contributed by atoms with E-state index in [2.05, 4.69) is 46.2 Å². The number of nitrogens with one attached hydrogen (secondary N) is 1. The number of nitrogens with zero attached hydrogens (tertiary/aromatic N) is 3. The first-order valence-electron chi connectivity index (χ1n) is 9.48. The summed E-state index contributed by atoms with van der Waals surface area (Å²) in [6, 6.07) is 5.48. The molecule has 2 aliphatic rings. The van der Waals surface area contributed by atoms with Crippen molar-refractivity contribution in [1.82, 2.24) is 15.1 Å². The number of ether oxygens (including phenoxy) is 2. The molecule has 6 nitrogen and oxygen atoms in total. The third-order valence-electron chi connectivity index (χ3n) is 5.60. The molecule has 0 amide bonds. The van der Waals surface area contributed by atoms with Crippen LogP contribution < -0.4 is 14.8 Å². The molecule has 1 aromatic rings. The van der Waals surface area contributed by atoms with E-state index >= 15 is 0 Å². The van der Waals surface area contributed by atoms with Gasteiger partial charge in [0.25, 0.3) is 0 Å². The number of rotatable bonds is 6. The highest BCUT2D eigenvalue weighted by molar-refractivity contribution is 14.0. The van der Waals surface area contributed by atoms with Gasteiger partial charge in [0.15, 0.2) is 17.5 Å². The van der Waals surface area contributed by atoms with Crippen molar-refractivity contribution in [2.24, 2.45) is 4.99 Å². The van der Waals surface area contributed by atoms with Crippen LogP contribution in [0.1, 0.15) is 30.9 Å². The Morgan fingerprint density at radius 3 is 2.44 bits per heavy atom. The first kappa shape index (κ1) is 22.1. The van der Waals surface area contributed by atoms with E-state index in [0.717, 1.165) is 49.6 Å². The highest BCUT2D eigenvalue weighted by Gasteiger charge is 2.29. The Kier molecular flexibility index (Phi) is 8.03. The van der Waals surface area contributed by atoms with Gasteiger partial charge in [0.1, 0.15) is 0 Å². The second-order valence-electron chi connectivity index (χ2n) is 7.32. The van der Waals surface area contributed by atoms with Crippen LogP contribution >= 0.6 is 24.0 Å². The molecule has 0 saturated heterocycles. The minimum Gasteiger partial charge on any atom is -0.493 e. The van der Waals surface area contributed by atoms with E-state index in [1.54, 1.807) is 14.2 Å². The number of hydrogen-bond acceptors (Lipinski definition) is 4. The zero-order valence-electron chi connectivity index (χ0n) is 17.1. The Bertz CT molecular complexity index is 664. The fraction of sp³-hybridized carbons (Fsp3) is 0.650. The third-order valence-corrected chi connectivity index (χ3v) is 5.60. The maximum atomic E-state index is 5.46. The summed E-state index contributed by atoms with van der Waals surface area (Å²) < 4.78 is 10.9. The molecule has 3 rings (SSSR count). The highest BCUT2D eigenvalue weighted by Crippen LogP contribution is 2.33. The van der Waals surface area contributed by atoms with Crippen LogP contribution in [0.5, 0.6) is 11.5 Å². The van der Waals surface area contributed by atoms with Crippen molar-refractivity contribution in [2.45, 2.75) is 44.8 Å². The van der Waals surface area contributed by atoms with Crippen LogP contribution in [0.3, 0.4) is 0 Å². The number of halogens is 1. The van der Waals surface area contributed by atoms with Gasteiger partial charge < -0.3 is 19.7 Å². The maximum Gasteiger partial charge on any atom is 0.194 e. The molecule has 0 spiro atoms. The average Bonchev–Trinajstić information content (AvgIpc) is 3.51. The molecule has 1 aliphatic carbocycles. The summed E-state index contributed by atoms with van der Waals surface area (Å²) in [5.41, 5.74) is 2.61. The van der Waals surface area contributed by atoms with E-state index < -0.39 is 0 Å². The van der Waals surface area contributed by atoms with Crippen LogP contribution in [0.4, 0.5) is 0 Å². The fourth-order valence-corrected chi connectivity index (χ4v) is 3.62. The van der Waals surface area contributed by atoms with E-state index in [1.807, 2.05) is 7.05 Å². The summed E-state index contributed by atoms with van der Waals surface area (Å²) in [7, 11) is 7.46. The summed E-state index contributed by atoms with van der Waals surface area (Å²) in [6.45, 7) is 4.98. The standard InChI is InChI=1S/C20H32N4O2.HI/c1-14(23(3)17-6-7-17)12-22-20(21-2)24-9-8-15-10-18(25-4)19(26-5)11-16(15)13-24;/h10-11,14,17H,6-9,12-13H2,1-5H3,(H,21,22);1H. The zero-order valence-corrected chi connectivity index (χ0v) is 19.4. The number of hydrogen-bond donors (Lipinski definition) is 1. The van der Waals surface area contributed by atoms with E-state index in [0.29, 0.717) is 6.04 Å². The van der Waals surface area contributed by atoms with Crippen LogP contribution in [-0.2, 0) is 13.0 Å². The van der Waals surface area contributed by atoms with Gasteiger partial charge in [-0.1, -0.05) is 0 Å². The molecule has 1 aromatic carbocycles. The molecule has 0 aromatic heterocycles. The predicted molar refractivity (Wildman–Crippen MR) is 121 cm³/mol. The van der Waals surface area contributed by atoms with Gasteiger partial charge in [-0.05, 0) is 56.5 Å². The summed E-state index contributed by atoms with van der Waals surface area (Å²) in [5, 5.41) is 3.56. The number of benzene rings is 1. The van der Waals surface area contributed by atoms with E-state index in [9.17, 15) is 0 Å². The lowest BCUT2D eigenvalue weighted by molar-refractivity contribution is 0.245. The highest BCUT2D eigenvalue weighted by atomic mass is 127. The Morgan fingerprint density at radius 2 is 1.89 bits per heavy atom. The summed E-state index contributed by atoms with van der Waals surface area (Å²) in [5.74, 6) is 2.57. The van der Waals surface area contributed by atoms with E-state index in [4.69, 9.17) is 9.47 Å². The van der Waals surface area contributed by atoms with Crippen molar-refractivity contribution in [3.05, 3.63) is 23.3 Å². The lowest BCUT2D eigenvalue weighted by Crippen LogP contribution is -2.48. The molecule has 1 N–H and O–H groups in total. The van der Waals surface area contributed by atoms with Crippen molar-refractivity contribution in [1.29, 1.82) is 0 Å². The molecular formula is C20H33IN4O2. The van der Waals surface area contributed by atoms with Crippen molar-refractivity contribution in [3.63, 3.8) is 0 Å². The molecule has 1 fully saturated rings. The normalized spacial score (nSPS) is 17.9. The monoisotopic (exact) mass is 488 g/mol. The number of methoxy groups -OCH3 is 2. The largest absolute Gasteiger partial charge is 0.493 e. The molecule has 1 saturated carbocycles. The van der Waals surface area contributed by atoms with Crippen LogP contribution in [0, 0.1) is 0 Å². The van der Waals surface area contributed by atoms with E-state index in [1.165, 1.54) is 24.0 Å². The van der Waals surface area contributed by atoms with Gasteiger partial charge in [-0.2, -0.15) is 0 Å². The van der Waals surface area contributed by atoms with Crippen molar-refractivity contribution in [3.8, 4) is 11.5 Å². The van der Waals surface area contributed by atoms with Gasteiger partial charge in [-0.25, -0.2) is 0 Å². The topological polar surface area (TPSA) is 49.3 Å². The smallest absolute Gasteiger partial charge is 0.194 e. The lowest BCUT2D eigenvalue weighted by atomic mass is 9.99.